The largest absolute Gasteiger partial charge is 0.450 e. The van der Waals surface area contributed by atoms with Crippen LogP contribution in [0.4, 0.5) is 13.2 Å². The second-order valence-corrected chi connectivity index (χ2v) is 1.87. The Labute approximate surface area is 59.0 Å². The topological polar surface area (TPSA) is 34.1 Å². The maximum atomic E-state index is 11.2. The van der Waals surface area contributed by atoms with Crippen LogP contribution in [0.2, 0.25) is 0 Å². The van der Waals surface area contributed by atoms with Gasteiger partial charge in [0, 0.05) is 0 Å². The van der Waals surface area contributed by atoms with Gasteiger partial charge in [0.25, 0.3) is 0 Å². The van der Waals surface area contributed by atoms with Gasteiger partial charge in [0.15, 0.2) is 0 Å². The summed E-state index contributed by atoms with van der Waals surface area (Å²) in [6, 6.07) is 0. The fourth-order valence-corrected chi connectivity index (χ4v) is 0.348. The van der Waals surface area contributed by atoms with Crippen LogP contribution >= 0.6 is 11.6 Å². The van der Waals surface area contributed by atoms with Crippen LogP contribution < -0.4 is 0 Å². The molecule has 0 amide bonds. The molecule has 0 atom stereocenters. The van der Waals surface area contributed by atoms with Crippen molar-refractivity contribution in [2.75, 3.05) is 0 Å². The SMILES string of the molecule is O=C(Cl)CC(=O)C(F)(F)F. The molecule has 0 bridgehead atoms. The molecule has 0 aromatic rings. The third-order valence-corrected chi connectivity index (χ3v) is 0.749. The van der Waals surface area contributed by atoms with Gasteiger partial charge in [0.2, 0.25) is 11.0 Å². The van der Waals surface area contributed by atoms with Crippen LogP contribution in [-0.4, -0.2) is 17.2 Å². The Balaban J connectivity index is 3.99. The van der Waals surface area contributed by atoms with Crippen LogP contribution in [0.3, 0.4) is 0 Å². The summed E-state index contributed by atoms with van der Waals surface area (Å²) in [6.07, 6.45) is -6.24. The second kappa shape index (κ2) is 3.01. The van der Waals surface area contributed by atoms with Crippen molar-refractivity contribution in [3.05, 3.63) is 0 Å². The molecule has 0 saturated heterocycles. The van der Waals surface area contributed by atoms with E-state index in [0.29, 0.717) is 0 Å². The summed E-state index contributed by atoms with van der Waals surface area (Å²) >= 11 is 4.52. The normalized spacial score (nSPS) is 11.2. The lowest BCUT2D eigenvalue weighted by molar-refractivity contribution is -0.171. The molecule has 2 nitrogen and oxygen atoms in total. The van der Waals surface area contributed by atoms with Crippen molar-refractivity contribution in [3.63, 3.8) is 0 Å². The van der Waals surface area contributed by atoms with Crippen molar-refractivity contribution in [1.29, 1.82) is 0 Å². The lowest BCUT2D eigenvalue weighted by Crippen LogP contribution is -2.23. The van der Waals surface area contributed by atoms with E-state index in [9.17, 15) is 22.8 Å². The fourth-order valence-electron chi connectivity index (χ4n) is 0.226. The van der Waals surface area contributed by atoms with Gasteiger partial charge < -0.3 is 0 Å². The molecule has 0 N–H and O–H groups in total. The number of rotatable bonds is 2. The van der Waals surface area contributed by atoms with E-state index in [2.05, 4.69) is 11.6 Å². The van der Waals surface area contributed by atoms with Gasteiger partial charge in [-0.1, -0.05) is 0 Å². The molecule has 0 heterocycles. The van der Waals surface area contributed by atoms with E-state index in [1.54, 1.807) is 0 Å². The molecule has 0 aromatic carbocycles. The smallest absolute Gasteiger partial charge is 0.289 e. The number of carbonyl (C=O) groups excluding carboxylic acids is 2. The van der Waals surface area contributed by atoms with Crippen LogP contribution in [0.1, 0.15) is 6.42 Å². The van der Waals surface area contributed by atoms with E-state index in [1.165, 1.54) is 0 Å². The third kappa shape index (κ3) is 3.45. The van der Waals surface area contributed by atoms with E-state index in [1.807, 2.05) is 0 Å². The summed E-state index contributed by atoms with van der Waals surface area (Å²) in [5, 5.41) is -1.30. The van der Waals surface area contributed by atoms with Crippen LogP contribution in [0.15, 0.2) is 0 Å². The molecule has 10 heavy (non-hydrogen) atoms. The number of ketones is 1. The summed E-state index contributed by atoms with van der Waals surface area (Å²) in [7, 11) is 0. The number of hydrogen-bond acceptors (Lipinski definition) is 2. The standard InChI is InChI=1S/C4H2ClF3O2/c5-3(10)1-2(9)4(6,7)8/h1H2. The minimum atomic E-state index is -4.95. The minimum absolute atomic E-state index is 1.29. The van der Waals surface area contributed by atoms with Crippen molar-refractivity contribution in [2.24, 2.45) is 0 Å². The summed E-state index contributed by atoms with van der Waals surface area (Å²) in [6.45, 7) is 0. The van der Waals surface area contributed by atoms with E-state index in [4.69, 9.17) is 0 Å². The molecule has 0 radical (unpaired) electrons. The average Bonchev–Trinajstić information content (AvgIpc) is 1.60. The van der Waals surface area contributed by atoms with Crippen LogP contribution in [0.5, 0.6) is 0 Å². The maximum absolute atomic E-state index is 11.2. The zero-order chi connectivity index (χ0) is 8.36. The molecule has 0 rings (SSSR count). The van der Waals surface area contributed by atoms with Gasteiger partial charge in [-0.25, -0.2) is 0 Å². The van der Waals surface area contributed by atoms with Crippen LogP contribution in [-0.2, 0) is 9.59 Å². The van der Waals surface area contributed by atoms with Crippen molar-refractivity contribution in [1.82, 2.24) is 0 Å². The molecule has 0 unspecified atom stereocenters. The fraction of sp³-hybridized carbons (Fsp3) is 0.500. The number of carbonyl (C=O) groups is 2. The third-order valence-electron chi connectivity index (χ3n) is 0.616. The molecule has 0 saturated carbocycles. The molecule has 6 heteroatoms. The molecular weight excluding hydrogens is 172 g/mol. The molecule has 58 valence electrons. The van der Waals surface area contributed by atoms with Crippen molar-refractivity contribution < 1.29 is 22.8 Å². The Bertz CT molecular complexity index is 162. The Hall–Kier alpha value is -0.580. The maximum Gasteiger partial charge on any atom is 0.450 e. The van der Waals surface area contributed by atoms with Gasteiger partial charge in [-0.3, -0.25) is 9.59 Å². The molecule has 0 fully saturated rings. The Morgan fingerprint density at radius 2 is 1.70 bits per heavy atom. The van der Waals surface area contributed by atoms with E-state index in [-0.39, 0.29) is 0 Å². The first-order chi connectivity index (χ1) is 4.34. The van der Waals surface area contributed by atoms with Gasteiger partial charge >= 0.3 is 6.18 Å². The first-order valence-electron chi connectivity index (χ1n) is 2.12. The first kappa shape index (κ1) is 9.42. The van der Waals surface area contributed by atoms with Gasteiger partial charge in [-0.2, -0.15) is 13.2 Å². The highest BCUT2D eigenvalue weighted by Gasteiger charge is 2.38. The molecule has 0 aliphatic carbocycles. The quantitative estimate of drug-likeness (QED) is 0.467. The molecule has 0 spiro atoms. The number of alkyl halides is 3. The molecule has 0 aliphatic heterocycles. The van der Waals surface area contributed by atoms with Crippen molar-refractivity contribution in [3.8, 4) is 0 Å². The Morgan fingerprint density at radius 3 is 1.80 bits per heavy atom. The molecule has 0 aliphatic rings. The Morgan fingerprint density at radius 1 is 1.30 bits per heavy atom. The van der Waals surface area contributed by atoms with Gasteiger partial charge in [0.05, 0.1) is 6.42 Å². The lowest BCUT2D eigenvalue weighted by Gasteiger charge is -2.00. The highest BCUT2D eigenvalue weighted by Crippen LogP contribution is 2.18. The van der Waals surface area contributed by atoms with E-state index in [0.717, 1.165) is 0 Å². The van der Waals surface area contributed by atoms with Crippen molar-refractivity contribution >= 4 is 22.6 Å². The van der Waals surface area contributed by atoms with Crippen molar-refractivity contribution in [2.45, 2.75) is 12.6 Å². The first-order valence-corrected chi connectivity index (χ1v) is 2.50. The Kier molecular flexibility index (Phi) is 2.83. The average molecular weight is 175 g/mol. The highest BCUT2D eigenvalue weighted by atomic mass is 35.5. The second-order valence-electron chi connectivity index (χ2n) is 1.45. The summed E-state index contributed by atoms with van der Waals surface area (Å²) in [5.74, 6) is -2.12. The van der Waals surface area contributed by atoms with E-state index < -0.39 is 23.6 Å². The van der Waals surface area contributed by atoms with E-state index >= 15 is 0 Å². The lowest BCUT2D eigenvalue weighted by atomic mass is 10.3. The molecular formula is C4H2ClF3O2. The predicted molar refractivity (Wildman–Crippen MR) is 26.5 cm³/mol. The van der Waals surface area contributed by atoms with Crippen LogP contribution in [0.25, 0.3) is 0 Å². The zero-order valence-electron chi connectivity index (χ0n) is 4.54. The van der Waals surface area contributed by atoms with Crippen LogP contribution in [0, 0.1) is 0 Å². The summed E-state index contributed by atoms with van der Waals surface area (Å²) in [4.78, 5) is 19.6. The molecule has 0 aromatic heterocycles. The van der Waals surface area contributed by atoms with Gasteiger partial charge in [-0.15, -0.1) is 0 Å². The predicted octanol–water partition coefficient (Wildman–Crippen LogP) is 1.27. The minimum Gasteiger partial charge on any atom is -0.289 e. The monoisotopic (exact) mass is 174 g/mol. The van der Waals surface area contributed by atoms with Gasteiger partial charge in [0.1, 0.15) is 0 Å². The van der Waals surface area contributed by atoms with Gasteiger partial charge in [-0.05, 0) is 11.6 Å². The highest BCUT2D eigenvalue weighted by molar-refractivity contribution is 6.65. The summed E-state index contributed by atoms with van der Waals surface area (Å²) in [5.41, 5.74) is 0. The number of hydrogen-bond donors (Lipinski definition) is 0. The zero-order valence-corrected chi connectivity index (χ0v) is 5.29. The summed E-state index contributed by atoms with van der Waals surface area (Å²) < 4.78 is 33.7. The number of halogens is 4. The number of Topliss-reactive ketones (excluding diaryl/α,β-unsaturated/α-hetero) is 1.